The third-order valence-corrected chi connectivity index (χ3v) is 7.62. The van der Waals surface area contributed by atoms with Crippen LogP contribution in [0, 0.1) is 0 Å². The highest BCUT2D eigenvalue weighted by molar-refractivity contribution is 7.17. The normalized spacial score (nSPS) is 12.9. The number of carbonyl (C=O) groups excluding carboxylic acids is 2. The highest BCUT2D eigenvalue weighted by atomic mass is 35.5. The number of ether oxygens (including phenoxy) is 2. The van der Waals surface area contributed by atoms with Crippen molar-refractivity contribution < 1.29 is 19.1 Å². The maximum Gasteiger partial charge on any atom is 0.251 e. The topological polar surface area (TPSA) is 90.6 Å². The summed E-state index contributed by atoms with van der Waals surface area (Å²) < 4.78 is 11.3. The van der Waals surface area contributed by atoms with Gasteiger partial charge in [0.25, 0.3) is 5.91 Å². The quantitative estimate of drug-likeness (QED) is 0.335. The van der Waals surface area contributed by atoms with E-state index in [2.05, 4.69) is 5.32 Å². The SMILES string of the molecule is COc1cc(C=CC(=O)Nc2sc3c(c2C(N)=O)CCCC3)ccc1OCc1c(Cl)cccc1Cl. The lowest BCUT2D eigenvalue weighted by molar-refractivity contribution is -0.111. The van der Waals surface area contributed by atoms with Crippen LogP contribution in [0.4, 0.5) is 5.00 Å². The van der Waals surface area contributed by atoms with Gasteiger partial charge < -0.3 is 20.5 Å². The summed E-state index contributed by atoms with van der Waals surface area (Å²) in [4.78, 5) is 25.7. The van der Waals surface area contributed by atoms with E-state index in [1.807, 2.05) is 0 Å². The van der Waals surface area contributed by atoms with Gasteiger partial charge in [-0.3, -0.25) is 9.59 Å². The maximum atomic E-state index is 12.6. The minimum Gasteiger partial charge on any atom is -0.493 e. The van der Waals surface area contributed by atoms with Crippen molar-refractivity contribution in [2.24, 2.45) is 5.73 Å². The molecule has 6 nitrogen and oxygen atoms in total. The highest BCUT2D eigenvalue weighted by Crippen LogP contribution is 2.38. The Balaban J connectivity index is 1.45. The van der Waals surface area contributed by atoms with E-state index in [1.165, 1.54) is 24.5 Å². The summed E-state index contributed by atoms with van der Waals surface area (Å²) in [5, 5.41) is 4.37. The molecule has 4 rings (SSSR count). The molecule has 3 aromatic rings. The third-order valence-electron chi connectivity index (χ3n) is 5.70. The number of halogens is 2. The predicted octanol–water partition coefficient (Wildman–Crippen LogP) is 6.27. The first-order valence-electron chi connectivity index (χ1n) is 11.0. The molecule has 1 aromatic heterocycles. The number of carbonyl (C=O) groups is 2. The molecule has 0 aliphatic heterocycles. The number of nitrogens with one attached hydrogen (secondary N) is 1. The molecule has 0 bridgehead atoms. The van der Waals surface area contributed by atoms with Crippen LogP contribution in [0.3, 0.4) is 0 Å². The molecule has 0 unspecified atom stereocenters. The average molecular weight is 531 g/mol. The number of fused-ring (bicyclic) bond motifs is 1. The van der Waals surface area contributed by atoms with E-state index in [0.29, 0.717) is 37.7 Å². The Hall–Kier alpha value is -3.00. The molecule has 0 radical (unpaired) electrons. The molecule has 2 aromatic carbocycles. The van der Waals surface area contributed by atoms with Gasteiger partial charge >= 0.3 is 0 Å². The zero-order chi connectivity index (χ0) is 24.9. The van der Waals surface area contributed by atoms with Crippen molar-refractivity contribution in [1.82, 2.24) is 0 Å². The third kappa shape index (κ3) is 5.81. The van der Waals surface area contributed by atoms with Gasteiger partial charge in [-0.15, -0.1) is 11.3 Å². The van der Waals surface area contributed by atoms with Crippen LogP contribution in [0.5, 0.6) is 11.5 Å². The molecule has 0 saturated heterocycles. The van der Waals surface area contributed by atoms with E-state index in [1.54, 1.807) is 42.5 Å². The lowest BCUT2D eigenvalue weighted by Gasteiger charge is -2.13. The van der Waals surface area contributed by atoms with Crippen LogP contribution in [0.25, 0.3) is 6.08 Å². The van der Waals surface area contributed by atoms with Gasteiger partial charge in [0.15, 0.2) is 11.5 Å². The number of benzene rings is 2. The molecule has 9 heteroatoms. The van der Waals surface area contributed by atoms with E-state index < -0.39 is 5.91 Å². The van der Waals surface area contributed by atoms with Gasteiger partial charge in [0, 0.05) is 26.6 Å². The van der Waals surface area contributed by atoms with Crippen LogP contribution < -0.4 is 20.5 Å². The minimum absolute atomic E-state index is 0.180. The second-order valence-corrected chi connectivity index (χ2v) is 9.92. The van der Waals surface area contributed by atoms with Crippen molar-refractivity contribution in [3.05, 3.63) is 79.7 Å². The molecular formula is C26H24Cl2N2O4S. The fraction of sp³-hybridized carbons (Fsp3) is 0.231. The monoisotopic (exact) mass is 530 g/mol. The molecule has 35 heavy (non-hydrogen) atoms. The Morgan fingerprint density at radius 2 is 1.86 bits per heavy atom. The number of methoxy groups -OCH3 is 1. The number of rotatable bonds is 8. The van der Waals surface area contributed by atoms with Crippen LogP contribution in [0.2, 0.25) is 10.0 Å². The lowest BCUT2D eigenvalue weighted by Crippen LogP contribution is -2.17. The number of amides is 2. The summed E-state index contributed by atoms with van der Waals surface area (Å²) >= 11 is 13.9. The van der Waals surface area contributed by atoms with Gasteiger partial charge in [-0.05, 0) is 67.2 Å². The summed E-state index contributed by atoms with van der Waals surface area (Å²) in [5.74, 6) is 0.152. The van der Waals surface area contributed by atoms with E-state index >= 15 is 0 Å². The van der Waals surface area contributed by atoms with E-state index in [4.69, 9.17) is 38.4 Å². The van der Waals surface area contributed by atoms with E-state index in [-0.39, 0.29) is 12.5 Å². The van der Waals surface area contributed by atoms with Crippen molar-refractivity contribution >= 4 is 57.4 Å². The molecule has 2 amide bonds. The molecular weight excluding hydrogens is 507 g/mol. The predicted molar refractivity (Wildman–Crippen MR) is 141 cm³/mol. The first-order valence-corrected chi connectivity index (χ1v) is 12.6. The molecule has 0 saturated carbocycles. The van der Waals surface area contributed by atoms with Gasteiger partial charge in [-0.2, -0.15) is 0 Å². The minimum atomic E-state index is -0.512. The Bertz CT molecular complexity index is 1280. The van der Waals surface area contributed by atoms with Crippen LogP contribution in [0.15, 0.2) is 42.5 Å². The van der Waals surface area contributed by atoms with Crippen molar-refractivity contribution in [3.63, 3.8) is 0 Å². The molecule has 0 spiro atoms. The second kappa shape index (κ2) is 11.2. The summed E-state index contributed by atoms with van der Waals surface area (Å²) in [5.41, 5.74) is 8.44. The highest BCUT2D eigenvalue weighted by Gasteiger charge is 2.24. The fourth-order valence-corrected chi connectivity index (χ4v) is 5.77. The number of thiophene rings is 1. The maximum absolute atomic E-state index is 12.6. The Labute approximate surface area is 217 Å². The summed E-state index contributed by atoms with van der Waals surface area (Å²) in [7, 11) is 1.54. The Morgan fingerprint density at radius 3 is 2.57 bits per heavy atom. The largest absolute Gasteiger partial charge is 0.493 e. The Kier molecular flexibility index (Phi) is 8.00. The zero-order valence-corrected chi connectivity index (χ0v) is 21.4. The number of hydrogen-bond donors (Lipinski definition) is 2. The smallest absolute Gasteiger partial charge is 0.251 e. The number of primary amides is 1. The molecule has 1 heterocycles. The molecule has 182 valence electrons. The fourth-order valence-electron chi connectivity index (χ4n) is 3.97. The molecule has 0 fully saturated rings. The van der Waals surface area contributed by atoms with Gasteiger partial charge in [0.2, 0.25) is 5.91 Å². The zero-order valence-electron chi connectivity index (χ0n) is 19.0. The van der Waals surface area contributed by atoms with Crippen molar-refractivity contribution in [2.75, 3.05) is 12.4 Å². The number of hydrogen-bond acceptors (Lipinski definition) is 5. The van der Waals surface area contributed by atoms with Crippen molar-refractivity contribution in [1.29, 1.82) is 0 Å². The first kappa shape index (κ1) is 25.1. The Morgan fingerprint density at radius 1 is 1.11 bits per heavy atom. The molecule has 1 aliphatic rings. The van der Waals surface area contributed by atoms with Gasteiger partial charge in [-0.1, -0.05) is 35.3 Å². The van der Waals surface area contributed by atoms with Gasteiger partial charge in [0.05, 0.1) is 12.7 Å². The summed E-state index contributed by atoms with van der Waals surface area (Å²) in [6.07, 6.45) is 6.87. The molecule has 1 aliphatic carbocycles. The van der Waals surface area contributed by atoms with Crippen LogP contribution in [-0.4, -0.2) is 18.9 Å². The second-order valence-electron chi connectivity index (χ2n) is 8.00. The summed E-state index contributed by atoms with van der Waals surface area (Å²) in [6.45, 7) is 0.180. The number of nitrogens with two attached hydrogens (primary N) is 1. The van der Waals surface area contributed by atoms with Crippen LogP contribution in [-0.2, 0) is 24.2 Å². The lowest BCUT2D eigenvalue weighted by atomic mass is 9.95. The molecule has 0 atom stereocenters. The van der Waals surface area contributed by atoms with E-state index in [0.717, 1.165) is 41.7 Å². The standard InChI is InChI=1S/C26H24Cl2N2O4S/c1-33-21-13-15(9-11-20(21)34-14-17-18(27)6-4-7-19(17)28)10-12-23(31)30-26-24(25(29)32)16-5-2-3-8-22(16)35-26/h4,6-7,9-13H,2-3,5,8,14H2,1H3,(H2,29,32)(H,30,31). The first-order chi connectivity index (χ1) is 16.9. The summed E-state index contributed by atoms with van der Waals surface area (Å²) in [6, 6.07) is 10.6. The van der Waals surface area contributed by atoms with Gasteiger partial charge in [0.1, 0.15) is 11.6 Å². The number of anilines is 1. The van der Waals surface area contributed by atoms with Crippen LogP contribution >= 0.6 is 34.5 Å². The van der Waals surface area contributed by atoms with E-state index in [9.17, 15) is 9.59 Å². The van der Waals surface area contributed by atoms with Crippen molar-refractivity contribution in [3.8, 4) is 11.5 Å². The van der Waals surface area contributed by atoms with Crippen LogP contribution in [0.1, 0.15) is 44.8 Å². The molecule has 3 N–H and O–H groups in total. The number of aryl methyl sites for hydroxylation is 1. The van der Waals surface area contributed by atoms with Gasteiger partial charge in [-0.25, -0.2) is 0 Å². The van der Waals surface area contributed by atoms with Crippen molar-refractivity contribution in [2.45, 2.75) is 32.3 Å². The average Bonchev–Trinajstić information content (AvgIpc) is 3.20.